The second-order valence-corrected chi connectivity index (χ2v) is 10.7. The summed E-state index contributed by atoms with van der Waals surface area (Å²) in [7, 11) is 0. The summed E-state index contributed by atoms with van der Waals surface area (Å²) in [6.45, 7) is 0. The van der Waals surface area contributed by atoms with Crippen molar-refractivity contribution in [2.24, 2.45) is 5.73 Å². The van der Waals surface area contributed by atoms with Crippen molar-refractivity contribution in [2.75, 3.05) is 0 Å². The van der Waals surface area contributed by atoms with Gasteiger partial charge in [0, 0.05) is 31.2 Å². The maximum Gasteiger partial charge on any atom is 0.326 e. The van der Waals surface area contributed by atoms with E-state index in [1.54, 1.807) is 42.5 Å². The Labute approximate surface area is 260 Å². The molecular formula is C33H36N6O6. The van der Waals surface area contributed by atoms with Crippen molar-refractivity contribution in [3.8, 4) is 5.75 Å². The largest absolute Gasteiger partial charge is 0.508 e. The van der Waals surface area contributed by atoms with Gasteiger partial charge in [-0.05, 0) is 35.2 Å². The number of aromatic nitrogens is 2. The number of amides is 3. The number of carbonyl (C=O) groups is 4. The van der Waals surface area contributed by atoms with Gasteiger partial charge in [-0.1, -0.05) is 72.8 Å². The van der Waals surface area contributed by atoms with Gasteiger partial charge < -0.3 is 36.9 Å². The fourth-order valence-corrected chi connectivity index (χ4v) is 4.74. The number of hydrogen-bond donors (Lipinski definition) is 7. The summed E-state index contributed by atoms with van der Waals surface area (Å²) in [6.07, 6.45) is 3.18. The number of imidazole rings is 1. The molecule has 3 amide bonds. The number of aliphatic carboxylic acids is 1. The molecular weight excluding hydrogens is 576 g/mol. The van der Waals surface area contributed by atoms with Gasteiger partial charge in [0.2, 0.25) is 17.7 Å². The number of rotatable bonds is 15. The first kappa shape index (κ1) is 32.4. The molecule has 4 unspecified atom stereocenters. The molecule has 0 aliphatic heterocycles. The fourth-order valence-electron chi connectivity index (χ4n) is 4.74. The van der Waals surface area contributed by atoms with Gasteiger partial charge in [0.05, 0.1) is 12.4 Å². The minimum atomic E-state index is -1.26. The fraction of sp³-hybridized carbons (Fsp3) is 0.242. The average molecular weight is 613 g/mol. The van der Waals surface area contributed by atoms with Crippen LogP contribution in [0.4, 0.5) is 0 Å². The predicted molar refractivity (Wildman–Crippen MR) is 166 cm³/mol. The third kappa shape index (κ3) is 10.0. The van der Waals surface area contributed by atoms with Crippen LogP contribution < -0.4 is 21.7 Å². The molecule has 0 aliphatic rings. The Morgan fingerprint density at radius 1 is 0.667 bits per heavy atom. The molecule has 234 valence electrons. The molecule has 0 saturated carbocycles. The number of benzene rings is 3. The normalized spacial score (nSPS) is 13.5. The van der Waals surface area contributed by atoms with Crippen molar-refractivity contribution < 1.29 is 29.4 Å². The summed E-state index contributed by atoms with van der Waals surface area (Å²) < 4.78 is 0. The predicted octanol–water partition coefficient (Wildman–Crippen LogP) is 1.25. The van der Waals surface area contributed by atoms with Crippen LogP contribution in [0.5, 0.6) is 5.75 Å². The lowest BCUT2D eigenvalue weighted by Gasteiger charge is -2.25. The van der Waals surface area contributed by atoms with Gasteiger partial charge in [0.15, 0.2) is 0 Å². The number of aromatic hydroxyl groups is 1. The molecule has 0 bridgehead atoms. The third-order valence-electron chi connectivity index (χ3n) is 7.15. The number of nitrogens with one attached hydrogen (secondary N) is 4. The lowest BCUT2D eigenvalue weighted by molar-refractivity contribution is -0.142. The standard InChI is InChI=1S/C33H36N6O6/c34-26(15-21-7-3-1-4-8-21)30(41)37-27(16-23-11-13-25(40)14-12-23)31(42)38-28(18-24-19-35-20-36-24)32(43)39-29(33(44)45)17-22-9-5-2-6-10-22/h1-14,19-20,26-29,40H,15-18,34H2,(H,35,36)(H,37,41)(H,38,42)(H,39,43)(H,44,45). The highest BCUT2D eigenvalue weighted by atomic mass is 16.4. The molecule has 3 aromatic carbocycles. The highest BCUT2D eigenvalue weighted by Gasteiger charge is 2.31. The number of phenols is 1. The smallest absolute Gasteiger partial charge is 0.326 e. The number of carbonyl (C=O) groups excluding carboxylic acids is 3. The first-order valence-corrected chi connectivity index (χ1v) is 14.4. The van der Waals surface area contributed by atoms with Gasteiger partial charge in [-0.15, -0.1) is 0 Å². The van der Waals surface area contributed by atoms with Gasteiger partial charge in [-0.25, -0.2) is 9.78 Å². The van der Waals surface area contributed by atoms with Crippen molar-refractivity contribution in [1.82, 2.24) is 25.9 Å². The summed E-state index contributed by atoms with van der Waals surface area (Å²) in [5.41, 5.74) is 8.90. The second-order valence-electron chi connectivity index (χ2n) is 10.7. The Bertz CT molecular complexity index is 1550. The van der Waals surface area contributed by atoms with E-state index in [-0.39, 0.29) is 31.4 Å². The molecule has 4 aromatic rings. The number of hydrogen-bond acceptors (Lipinski definition) is 7. The topological polar surface area (TPSA) is 200 Å². The van der Waals surface area contributed by atoms with E-state index < -0.39 is 47.9 Å². The Morgan fingerprint density at radius 3 is 1.71 bits per heavy atom. The summed E-state index contributed by atoms with van der Waals surface area (Å²) in [4.78, 5) is 59.3. The Hall–Kier alpha value is -5.49. The molecule has 4 rings (SSSR count). The van der Waals surface area contributed by atoms with E-state index in [9.17, 15) is 29.4 Å². The van der Waals surface area contributed by atoms with Crippen molar-refractivity contribution in [3.63, 3.8) is 0 Å². The number of nitrogens with two attached hydrogens (primary N) is 1. The quantitative estimate of drug-likeness (QED) is 0.104. The molecule has 45 heavy (non-hydrogen) atoms. The minimum Gasteiger partial charge on any atom is -0.508 e. The number of carboxylic acid groups (broad SMARTS) is 1. The molecule has 0 radical (unpaired) electrons. The van der Waals surface area contributed by atoms with Crippen LogP contribution in [0.25, 0.3) is 0 Å². The molecule has 12 heteroatoms. The summed E-state index contributed by atoms with van der Waals surface area (Å²) >= 11 is 0. The number of nitrogens with zero attached hydrogens (tertiary/aromatic N) is 1. The van der Waals surface area contributed by atoms with Crippen LogP contribution in [-0.2, 0) is 44.9 Å². The van der Waals surface area contributed by atoms with E-state index >= 15 is 0 Å². The van der Waals surface area contributed by atoms with Crippen molar-refractivity contribution in [3.05, 3.63) is 120 Å². The number of phenolic OH excluding ortho intramolecular Hbond substituents is 1. The number of aromatic amines is 1. The summed E-state index contributed by atoms with van der Waals surface area (Å²) in [6, 6.07) is 19.6. The van der Waals surface area contributed by atoms with Gasteiger partial charge in [-0.3, -0.25) is 14.4 Å². The van der Waals surface area contributed by atoms with Crippen LogP contribution in [-0.4, -0.2) is 68.0 Å². The van der Waals surface area contributed by atoms with Crippen molar-refractivity contribution in [1.29, 1.82) is 0 Å². The third-order valence-corrected chi connectivity index (χ3v) is 7.15. The lowest BCUT2D eigenvalue weighted by Crippen LogP contribution is -2.58. The zero-order chi connectivity index (χ0) is 32.2. The van der Waals surface area contributed by atoms with Gasteiger partial charge in [-0.2, -0.15) is 0 Å². The molecule has 0 saturated heterocycles. The highest BCUT2D eigenvalue weighted by molar-refractivity contribution is 5.94. The van der Waals surface area contributed by atoms with Crippen LogP contribution in [0, 0.1) is 0 Å². The molecule has 0 aliphatic carbocycles. The maximum absolute atomic E-state index is 13.7. The Morgan fingerprint density at radius 2 is 1.16 bits per heavy atom. The molecule has 0 spiro atoms. The van der Waals surface area contributed by atoms with E-state index in [0.717, 1.165) is 5.56 Å². The van der Waals surface area contributed by atoms with E-state index in [2.05, 4.69) is 25.9 Å². The SMILES string of the molecule is NC(Cc1ccccc1)C(=O)NC(Cc1ccc(O)cc1)C(=O)NC(Cc1cnc[nH]1)C(=O)NC(Cc1ccccc1)C(=O)O. The second kappa shape index (κ2) is 15.8. The average Bonchev–Trinajstić information content (AvgIpc) is 3.55. The van der Waals surface area contributed by atoms with E-state index in [0.29, 0.717) is 16.8 Å². The monoisotopic (exact) mass is 612 g/mol. The van der Waals surface area contributed by atoms with Crippen LogP contribution >= 0.6 is 0 Å². The molecule has 1 aromatic heterocycles. The first-order valence-electron chi connectivity index (χ1n) is 14.4. The van der Waals surface area contributed by atoms with Crippen LogP contribution in [0.3, 0.4) is 0 Å². The lowest BCUT2D eigenvalue weighted by atomic mass is 10.0. The summed E-state index contributed by atoms with van der Waals surface area (Å²) in [5, 5.41) is 27.5. The number of H-pyrrole nitrogens is 1. The van der Waals surface area contributed by atoms with Crippen molar-refractivity contribution in [2.45, 2.75) is 49.9 Å². The highest BCUT2D eigenvalue weighted by Crippen LogP contribution is 2.13. The van der Waals surface area contributed by atoms with Gasteiger partial charge in [0.25, 0.3) is 0 Å². The van der Waals surface area contributed by atoms with Gasteiger partial charge >= 0.3 is 5.97 Å². The molecule has 8 N–H and O–H groups in total. The molecule has 4 atom stereocenters. The Kier molecular flexibility index (Phi) is 11.4. The van der Waals surface area contributed by atoms with Crippen LogP contribution in [0.2, 0.25) is 0 Å². The van der Waals surface area contributed by atoms with Gasteiger partial charge in [0.1, 0.15) is 23.9 Å². The van der Waals surface area contributed by atoms with E-state index in [1.807, 2.05) is 30.3 Å². The molecule has 12 nitrogen and oxygen atoms in total. The zero-order valence-electron chi connectivity index (χ0n) is 24.4. The maximum atomic E-state index is 13.7. The summed E-state index contributed by atoms with van der Waals surface area (Å²) in [5.74, 6) is -3.17. The zero-order valence-corrected chi connectivity index (χ0v) is 24.4. The van der Waals surface area contributed by atoms with E-state index in [1.165, 1.54) is 24.7 Å². The van der Waals surface area contributed by atoms with Crippen LogP contribution in [0.1, 0.15) is 22.4 Å². The molecule has 1 heterocycles. The molecule has 0 fully saturated rings. The first-order chi connectivity index (χ1) is 21.7. The number of carboxylic acids is 1. The van der Waals surface area contributed by atoms with E-state index in [4.69, 9.17) is 5.73 Å². The van der Waals surface area contributed by atoms with Crippen LogP contribution in [0.15, 0.2) is 97.5 Å². The minimum absolute atomic E-state index is 0.0252. The Balaban J connectivity index is 1.53. The van der Waals surface area contributed by atoms with Crippen molar-refractivity contribution >= 4 is 23.7 Å².